The molecule has 222 valence electrons. The van der Waals surface area contributed by atoms with Gasteiger partial charge >= 0.3 is 0 Å². The molecular weight excluding hydrogens is 520 g/mol. The van der Waals surface area contributed by atoms with E-state index in [2.05, 4.69) is 159 Å². The summed E-state index contributed by atoms with van der Waals surface area (Å²) in [5.74, 6) is 0. The van der Waals surface area contributed by atoms with Gasteiger partial charge in [-0.15, -0.1) is 0 Å². The molecule has 0 unspecified atom stereocenters. The van der Waals surface area contributed by atoms with Crippen molar-refractivity contribution in [2.24, 2.45) is 0 Å². The van der Waals surface area contributed by atoms with Crippen LogP contribution < -0.4 is 0 Å². The van der Waals surface area contributed by atoms with E-state index in [1.54, 1.807) is 0 Å². The second kappa shape index (κ2) is 12.4. The predicted molar refractivity (Wildman–Crippen MR) is 184 cm³/mol. The van der Waals surface area contributed by atoms with Crippen molar-refractivity contribution >= 4 is 0 Å². The monoisotopic (exact) mass is 568 g/mol. The Hall–Kier alpha value is -3.78. The third kappa shape index (κ3) is 6.30. The molecule has 4 aromatic carbocycles. The molecule has 0 amide bonds. The standard InChI is InChI=1S/C41H48N2/c1-11-38(40-32(9)17-30(7)23-36(40)34-19-26(3)15-27(4)20-34)42-13-14-43(25-42)39(12-2)41-33(10)18-31(8)24-37(41)35-21-28(5)16-29(6)22-35/h13-24,38-39H,11-12H2,1-10H3/t38-,39-/m1/s1. The molecule has 0 aromatic heterocycles. The van der Waals surface area contributed by atoms with Crippen LogP contribution in [-0.2, 0) is 0 Å². The number of benzene rings is 4. The third-order valence-electron chi connectivity index (χ3n) is 8.86. The second-order valence-corrected chi connectivity index (χ2v) is 12.9. The van der Waals surface area contributed by atoms with Gasteiger partial charge in [-0.1, -0.05) is 108 Å². The number of rotatable bonds is 8. The Bertz CT molecular complexity index is 1510. The molecule has 2 atom stereocenters. The molecule has 0 bridgehead atoms. The lowest BCUT2D eigenvalue weighted by atomic mass is 9.86. The Morgan fingerprint density at radius 1 is 0.465 bits per heavy atom. The molecule has 0 N–H and O–H groups in total. The minimum absolute atomic E-state index is 0.188. The van der Waals surface area contributed by atoms with Crippen LogP contribution in [0.2, 0.25) is 0 Å². The van der Waals surface area contributed by atoms with Gasteiger partial charge < -0.3 is 9.80 Å². The van der Waals surface area contributed by atoms with Crippen LogP contribution in [0.5, 0.6) is 0 Å². The predicted octanol–water partition coefficient (Wildman–Crippen LogP) is 11.2. The Morgan fingerprint density at radius 3 is 1.12 bits per heavy atom. The first-order valence-corrected chi connectivity index (χ1v) is 15.9. The molecular formula is C41H48N2. The van der Waals surface area contributed by atoms with Gasteiger partial charge in [0.2, 0.25) is 6.67 Å². The van der Waals surface area contributed by atoms with Crippen molar-refractivity contribution < 1.29 is 0 Å². The minimum atomic E-state index is 0.188. The molecule has 1 heterocycles. The highest BCUT2D eigenvalue weighted by Gasteiger charge is 2.31. The van der Waals surface area contributed by atoms with Crippen molar-refractivity contribution in [1.82, 2.24) is 9.80 Å². The minimum Gasteiger partial charge on any atom is -0.339 e. The molecule has 0 saturated heterocycles. The molecule has 4 aromatic rings. The summed E-state index contributed by atoms with van der Waals surface area (Å²) >= 11 is 0. The Kier molecular flexibility index (Phi) is 8.88. The molecule has 5 rings (SSSR count). The Morgan fingerprint density at radius 2 is 0.791 bits per heavy atom. The maximum Gasteiger partial charge on any atom is 0.208 e. The summed E-state index contributed by atoms with van der Waals surface area (Å²) < 4.78 is 0. The first-order chi connectivity index (χ1) is 20.5. The van der Waals surface area contributed by atoms with E-state index >= 15 is 0 Å². The molecule has 2 nitrogen and oxygen atoms in total. The first-order valence-electron chi connectivity index (χ1n) is 15.9. The summed E-state index contributed by atoms with van der Waals surface area (Å²) in [6.07, 6.45) is 6.45. The smallest absolute Gasteiger partial charge is 0.208 e. The molecule has 1 aliphatic heterocycles. The highest BCUT2D eigenvalue weighted by atomic mass is 15.4. The third-order valence-corrected chi connectivity index (χ3v) is 8.86. The first kappa shape index (κ1) is 30.7. The number of nitrogens with zero attached hydrogens (tertiary/aromatic N) is 2. The van der Waals surface area contributed by atoms with Crippen LogP contribution in [0, 0.1) is 62.1 Å². The van der Waals surface area contributed by atoms with Crippen LogP contribution in [0.15, 0.2) is 73.1 Å². The van der Waals surface area contributed by atoms with Crippen LogP contribution >= 0.6 is 0 Å². The largest absolute Gasteiger partial charge is 0.339 e. The topological polar surface area (TPSA) is 6.48 Å². The van der Waals surface area contributed by atoms with Gasteiger partial charge in [0.05, 0.1) is 12.1 Å². The van der Waals surface area contributed by atoms with Crippen molar-refractivity contribution in [2.75, 3.05) is 0 Å². The molecule has 2 radical (unpaired) electrons. The zero-order valence-electron chi connectivity index (χ0n) is 27.9. The van der Waals surface area contributed by atoms with Gasteiger partial charge in [-0.3, -0.25) is 0 Å². The fraction of sp³-hybridized carbons (Fsp3) is 0.341. The van der Waals surface area contributed by atoms with Crippen molar-refractivity contribution in [2.45, 2.75) is 94.2 Å². The van der Waals surface area contributed by atoms with Crippen LogP contribution in [0.4, 0.5) is 0 Å². The molecule has 0 spiro atoms. The highest BCUT2D eigenvalue weighted by molar-refractivity contribution is 5.73. The second-order valence-electron chi connectivity index (χ2n) is 12.9. The molecule has 0 aliphatic carbocycles. The van der Waals surface area contributed by atoms with Crippen LogP contribution in [0.25, 0.3) is 22.3 Å². The normalized spacial score (nSPS) is 14.5. The maximum absolute atomic E-state index is 3.83. The van der Waals surface area contributed by atoms with Gasteiger partial charge in [0.25, 0.3) is 0 Å². The molecule has 2 heteroatoms. The maximum atomic E-state index is 3.83. The molecule has 1 aliphatic rings. The molecule has 0 fully saturated rings. The van der Waals surface area contributed by atoms with E-state index < -0.39 is 0 Å². The van der Waals surface area contributed by atoms with Crippen molar-refractivity contribution in [1.29, 1.82) is 0 Å². The average molecular weight is 569 g/mol. The summed E-state index contributed by atoms with van der Waals surface area (Å²) in [5, 5.41) is 0. The average Bonchev–Trinajstić information content (AvgIpc) is 3.39. The zero-order chi connectivity index (χ0) is 31.0. The highest BCUT2D eigenvalue weighted by Crippen LogP contribution is 2.43. The van der Waals surface area contributed by atoms with Gasteiger partial charge in [0, 0.05) is 12.4 Å². The van der Waals surface area contributed by atoms with E-state index in [4.69, 9.17) is 0 Å². The fourth-order valence-electron chi connectivity index (χ4n) is 7.35. The number of aryl methyl sites for hydroxylation is 8. The van der Waals surface area contributed by atoms with E-state index in [1.807, 2.05) is 0 Å². The quantitative estimate of drug-likeness (QED) is 0.209. The van der Waals surface area contributed by atoms with E-state index in [9.17, 15) is 0 Å². The van der Waals surface area contributed by atoms with Crippen molar-refractivity contribution in [3.63, 3.8) is 0 Å². The van der Waals surface area contributed by atoms with E-state index in [0.717, 1.165) is 12.8 Å². The summed E-state index contributed by atoms with van der Waals surface area (Å²) in [5.41, 5.74) is 18.6. The van der Waals surface area contributed by atoms with Crippen molar-refractivity contribution in [3.8, 4) is 22.3 Å². The van der Waals surface area contributed by atoms with Crippen LogP contribution in [0.1, 0.15) is 94.4 Å². The summed E-state index contributed by atoms with van der Waals surface area (Å²) in [7, 11) is 0. The van der Waals surface area contributed by atoms with Crippen molar-refractivity contribution in [3.05, 3.63) is 135 Å². The fourth-order valence-corrected chi connectivity index (χ4v) is 7.35. The van der Waals surface area contributed by atoms with Gasteiger partial charge in [-0.05, 0) is 113 Å². The Balaban J connectivity index is 1.53. The summed E-state index contributed by atoms with van der Waals surface area (Å²) in [4.78, 5) is 4.65. The van der Waals surface area contributed by atoms with E-state index in [0.29, 0.717) is 0 Å². The lowest BCUT2D eigenvalue weighted by molar-refractivity contribution is 0.234. The lowest BCUT2D eigenvalue weighted by Gasteiger charge is -2.34. The SMILES string of the molecule is CC[C@H](c1c(C)cc(C)cc1-c1cc(C)cc(C)c1)N1[C]N([C@H](CC)c2c(C)cc(C)cc2-c2cc(C)cc(C)c2)C=C1. The Labute approximate surface area is 261 Å². The van der Waals surface area contributed by atoms with Gasteiger partial charge in [-0.25, -0.2) is 0 Å². The van der Waals surface area contributed by atoms with Crippen LogP contribution in [0.3, 0.4) is 0 Å². The molecule has 43 heavy (non-hydrogen) atoms. The molecule has 0 saturated carbocycles. The lowest BCUT2D eigenvalue weighted by Crippen LogP contribution is -2.27. The van der Waals surface area contributed by atoms with Gasteiger partial charge in [0.15, 0.2) is 0 Å². The van der Waals surface area contributed by atoms with E-state index in [-0.39, 0.29) is 12.1 Å². The summed E-state index contributed by atoms with van der Waals surface area (Å²) in [6, 6.07) is 23.6. The van der Waals surface area contributed by atoms with Crippen LogP contribution in [-0.4, -0.2) is 9.80 Å². The van der Waals surface area contributed by atoms with E-state index in [1.165, 1.54) is 77.9 Å². The number of hydrogen-bond acceptors (Lipinski definition) is 2. The number of hydrogen-bond donors (Lipinski definition) is 0. The van der Waals surface area contributed by atoms with Gasteiger partial charge in [0.1, 0.15) is 0 Å². The van der Waals surface area contributed by atoms with Gasteiger partial charge in [-0.2, -0.15) is 0 Å². The zero-order valence-corrected chi connectivity index (χ0v) is 27.9. The summed E-state index contributed by atoms with van der Waals surface area (Å²) in [6.45, 7) is 26.2.